The SMILES string of the molecule is O=C(Nc1cnoc1)c1cn2cc(-c3ccccn3)ccc2n1. The van der Waals surface area contributed by atoms with Gasteiger partial charge in [-0.25, -0.2) is 4.98 Å². The fraction of sp³-hybridized carbons (Fsp3) is 0. The first-order chi connectivity index (χ1) is 11.3. The normalized spacial score (nSPS) is 10.8. The lowest BCUT2D eigenvalue weighted by atomic mass is 10.2. The van der Waals surface area contributed by atoms with Crippen molar-refractivity contribution in [1.29, 1.82) is 0 Å². The molecule has 7 heteroatoms. The van der Waals surface area contributed by atoms with Crippen LogP contribution in [0.4, 0.5) is 5.69 Å². The van der Waals surface area contributed by atoms with Crippen molar-refractivity contribution in [1.82, 2.24) is 19.5 Å². The summed E-state index contributed by atoms with van der Waals surface area (Å²) in [6.45, 7) is 0. The maximum absolute atomic E-state index is 12.2. The number of carbonyl (C=O) groups excluding carboxylic acids is 1. The monoisotopic (exact) mass is 305 g/mol. The van der Waals surface area contributed by atoms with E-state index in [0.717, 1.165) is 11.3 Å². The summed E-state index contributed by atoms with van der Waals surface area (Å²) in [4.78, 5) is 20.8. The maximum atomic E-state index is 12.2. The molecule has 4 heterocycles. The molecule has 0 aromatic carbocycles. The zero-order valence-corrected chi connectivity index (χ0v) is 11.9. The van der Waals surface area contributed by atoms with Gasteiger partial charge < -0.3 is 14.2 Å². The highest BCUT2D eigenvalue weighted by Gasteiger charge is 2.12. The van der Waals surface area contributed by atoms with E-state index in [9.17, 15) is 4.79 Å². The van der Waals surface area contributed by atoms with Crippen LogP contribution in [0.1, 0.15) is 10.5 Å². The fourth-order valence-corrected chi connectivity index (χ4v) is 2.25. The zero-order valence-electron chi connectivity index (χ0n) is 11.9. The Morgan fingerprint density at radius 1 is 1.17 bits per heavy atom. The number of nitrogens with zero attached hydrogens (tertiary/aromatic N) is 4. The average Bonchev–Trinajstić information content (AvgIpc) is 3.24. The second kappa shape index (κ2) is 5.38. The van der Waals surface area contributed by atoms with Gasteiger partial charge in [-0.15, -0.1) is 0 Å². The van der Waals surface area contributed by atoms with E-state index < -0.39 is 0 Å². The van der Waals surface area contributed by atoms with Crippen LogP contribution in [0, 0.1) is 0 Å². The molecule has 1 N–H and O–H groups in total. The predicted molar refractivity (Wildman–Crippen MR) is 82.9 cm³/mol. The molecular formula is C16H11N5O2. The number of pyridine rings is 2. The van der Waals surface area contributed by atoms with Crippen LogP contribution >= 0.6 is 0 Å². The molecule has 0 radical (unpaired) electrons. The van der Waals surface area contributed by atoms with Crippen LogP contribution in [0.2, 0.25) is 0 Å². The van der Waals surface area contributed by atoms with E-state index >= 15 is 0 Å². The van der Waals surface area contributed by atoms with Crippen molar-refractivity contribution < 1.29 is 9.32 Å². The quantitative estimate of drug-likeness (QED) is 0.629. The van der Waals surface area contributed by atoms with Gasteiger partial charge >= 0.3 is 0 Å². The third kappa shape index (κ3) is 2.55. The highest BCUT2D eigenvalue weighted by Crippen LogP contribution is 2.18. The average molecular weight is 305 g/mol. The molecule has 112 valence electrons. The van der Waals surface area contributed by atoms with Gasteiger partial charge in [0, 0.05) is 24.2 Å². The van der Waals surface area contributed by atoms with Crippen molar-refractivity contribution >= 4 is 17.2 Å². The van der Waals surface area contributed by atoms with Crippen LogP contribution in [0.15, 0.2) is 65.9 Å². The summed E-state index contributed by atoms with van der Waals surface area (Å²) < 4.78 is 6.48. The van der Waals surface area contributed by atoms with Gasteiger partial charge in [0.2, 0.25) is 0 Å². The second-order valence-corrected chi connectivity index (χ2v) is 4.89. The molecule has 0 fully saturated rings. The summed E-state index contributed by atoms with van der Waals surface area (Å²) in [5.41, 5.74) is 3.28. The summed E-state index contributed by atoms with van der Waals surface area (Å²) >= 11 is 0. The largest absolute Gasteiger partial charge is 0.363 e. The Bertz CT molecular complexity index is 961. The van der Waals surface area contributed by atoms with Gasteiger partial charge in [0.05, 0.1) is 11.9 Å². The minimum atomic E-state index is -0.323. The number of nitrogens with one attached hydrogen (secondary N) is 1. The Morgan fingerprint density at radius 3 is 2.91 bits per heavy atom. The van der Waals surface area contributed by atoms with Crippen molar-refractivity contribution in [2.24, 2.45) is 0 Å². The Balaban J connectivity index is 1.67. The van der Waals surface area contributed by atoms with Gasteiger partial charge in [0.15, 0.2) is 0 Å². The van der Waals surface area contributed by atoms with Crippen LogP contribution in [-0.4, -0.2) is 25.4 Å². The van der Waals surface area contributed by atoms with Crippen molar-refractivity contribution in [3.05, 3.63) is 67.1 Å². The number of imidazole rings is 1. The van der Waals surface area contributed by atoms with Crippen LogP contribution in [0.5, 0.6) is 0 Å². The van der Waals surface area contributed by atoms with Gasteiger partial charge in [-0.05, 0) is 24.3 Å². The summed E-state index contributed by atoms with van der Waals surface area (Å²) in [5.74, 6) is -0.323. The Kier molecular flexibility index (Phi) is 3.09. The molecule has 23 heavy (non-hydrogen) atoms. The number of amides is 1. The van der Waals surface area contributed by atoms with E-state index in [-0.39, 0.29) is 5.91 Å². The lowest BCUT2D eigenvalue weighted by Crippen LogP contribution is -2.11. The summed E-state index contributed by atoms with van der Waals surface area (Å²) in [6, 6.07) is 9.49. The van der Waals surface area contributed by atoms with Gasteiger partial charge in [-0.1, -0.05) is 11.2 Å². The standard InChI is InChI=1S/C16H11N5O2/c22-16(19-12-7-18-23-10-12)14-9-21-8-11(4-5-15(21)20-14)13-3-1-2-6-17-13/h1-10H,(H,19,22). The molecule has 4 rings (SSSR count). The summed E-state index contributed by atoms with van der Waals surface area (Å²) in [6.07, 6.45) is 8.08. The van der Waals surface area contributed by atoms with E-state index in [4.69, 9.17) is 0 Å². The molecule has 7 nitrogen and oxygen atoms in total. The minimum absolute atomic E-state index is 0.310. The van der Waals surface area contributed by atoms with Crippen molar-refractivity contribution in [3.8, 4) is 11.3 Å². The molecule has 1 amide bonds. The number of anilines is 1. The van der Waals surface area contributed by atoms with E-state index in [1.54, 1.807) is 16.8 Å². The maximum Gasteiger partial charge on any atom is 0.276 e. The first-order valence-corrected chi connectivity index (χ1v) is 6.90. The number of carbonyl (C=O) groups is 1. The zero-order chi connectivity index (χ0) is 15.6. The number of rotatable bonds is 3. The number of fused-ring (bicyclic) bond motifs is 1. The molecule has 0 saturated heterocycles. The summed E-state index contributed by atoms with van der Waals surface area (Å²) in [5, 5.41) is 6.20. The lowest BCUT2D eigenvalue weighted by Gasteiger charge is -2.00. The van der Waals surface area contributed by atoms with Gasteiger partial charge in [-0.2, -0.15) is 0 Å². The topological polar surface area (TPSA) is 85.3 Å². The highest BCUT2D eigenvalue weighted by molar-refractivity contribution is 6.03. The molecular weight excluding hydrogens is 294 g/mol. The smallest absolute Gasteiger partial charge is 0.276 e. The molecule has 0 aliphatic heterocycles. The summed E-state index contributed by atoms with van der Waals surface area (Å²) in [7, 11) is 0. The van der Waals surface area contributed by atoms with Crippen LogP contribution in [0.25, 0.3) is 16.9 Å². The van der Waals surface area contributed by atoms with Crippen molar-refractivity contribution in [2.45, 2.75) is 0 Å². The number of hydrogen-bond acceptors (Lipinski definition) is 5. The third-order valence-corrected chi connectivity index (χ3v) is 3.33. The Morgan fingerprint density at radius 2 is 2.13 bits per heavy atom. The van der Waals surface area contributed by atoms with Crippen LogP contribution in [-0.2, 0) is 0 Å². The van der Waals surface area contributed by atoms with Crippen molar-refractivity contribution in [2.75, 3.05) is 5.32 Å². The van der Waals surface area contributed by atoms with E-state index in [1.807, 2.05) is 36.5 Å². The second-order valence-electron chi connectivity index (χ2n) is 4.89. The molecule has 0 atom stereocenters. The molecule has 4 aromatic heterocycles. The van der Waals surface area contributed by atoms with Crippen LogP contribution in [0.3, 0.4) is 0 Å². The molecule has 0 aliphatic rings. The molecule has 0 unspecified atom stereocenters. The van der Waals surface area contributed by atoms with Gasteiger partial charge in [0.1, 0.15) is 23.3 Å². The van der Waals surface area contributed by atoms with Gasteiger partial charge in [0.25, 0.3) is 5.91 Å². The first-order valence-electron chi connectivity index (χ1n) is 6.90. The molecule has 0 spiro atoms. The van der Waals surface area contributed by atoms with E-state index in [0.29, 0.717) is 17.0 Å². The van der Waals surface area contributed by atoms with Gasteiger partial charge in [-0.3, -0.25) is 9.78 Å². The Labute approximate surface area is 130 Å². The molecule has 0 bridgehead atoms. The Hall–Kier alpha value is -3.48. The van der Waals surface area contributed by atoms with Crippen LogP contribution < -0.4 is 5.32 Å². The molecule has 4 aromatic rings. The lowest BCUT2D eigenvalue weighted by molar-refractivity contribution is 0.102. The highest BCUT2D eigenvalue weighted by atomic mass is 16.5. The third-order valence-electron chi connectivity index (χ3n) is 3.33. The minimum Gasteiger partial charge on any atom is -0.363 e. The van der Waals surface area contributed by atoms with E-state index in [1.165, 1.54) is 12.5 Å². The predicted octanol–water partition coefficient (Wildman–Crippen LogP) is 2.64. The number of aromatic nitrogens is 4. The van der Waals surface area contributed by atoms with E-state index in [2.05, 4.69) is 25.0 Å². The van der Waals surface area contributed by atoms with Crippen molar-refractivity contribution in [3.63, 3.8) is 0 Å². The fourth-order valence-electron chi connectivity index (χ4n) is 2.25. The molecule has 0 saturated carbocycles. The molecule has 0 aliphatic carbocycles. The first kappa shape index (κ1) is 13.2. The number of hydrogen-bond donors (Lipinski definition) is 1.